The van der Waals surface area contributed by atoms with Gasteiger partial charge in [0.2, 0.25) is 5.91 Å². The molecule has 55 heavy (non-hydrogen) atoms. The molecule has 0 saturated heterocycles. The summed E-state index contributed by atoms with van der Waals surface area (Å²) in [6.07, 6.45) is 57.7. The van der Waals surface area contributed by atoms with Crippen molar-refractivity contribution in [1.82, 2.24) is 5.32 Å². The van der Waals surface area contributed by atoms with Crippen LogP contribution in [-0.2, 0) is 4.79 Å². The van der Waals surface area contributed by atoms with E-state index in [9.17, 15) is 20.1 Å². The number of amides is 1. The predicted octanol–water partition coefficient (Wildman–Crippen LogP) is 14.3. The van der Waals surface area contributed by atoms with Crippen LogP contribution in [0, 0.1) is 0 Å². The molecule has 5 nitrogen and oxygen atoms in total. The Balaban J connectivity index is 3.64. The highest BCUT2D eigenvalue weighted by atomic mass is 16.3. The Labute approximate surface area is 343 Å². The van der Waals surface area contributed by atoms with Gasteiger partial charge in [0.1, 0.15) is 6.10 Å². The van der Waals surface area contributed by atoms with E-state index in [1.165, 1.54) is 193 Å². The molecule has 0 spiro atoms. The van der Waals surface area contributed by atoms with E-state index in [0.29, 0.717) is 6.42 Å². The van der Waals surface area contributed by atoms with Crippen molar-refractivity contribution in [3.8, 4) is 0 Å². The van der Waals surface area contributed by atoms with Gasteiger partial charge in [-0.3, -0.25) is 4.79 Å². The normalized spacial score (nSPS) is 13.8. The number of carbonyl (C=O) groups is 1. The fraction of sp³-hybridized carbons (Fsp3) is 0.860. The summed E-state index contributed by atoms with van der Waals surface area (Å²) in [4.78, 5) is 12.5. The van der Waals surface area contributed by atoms with E-state index in [0.717, 1.165) is 38.5 Å². The van der Waals surface area contributed by atoms with Gasteiger partial charge in [0.25, 0.3) is 0 Å². The fourth-order valence-electron chi connectivity index (χ4n) is 7.37. The molecular weight excluding hydrogens is 679 g/mol. The van der Waals surface area contributed by atoms with Crippen molar-refractivity contribution in [2.45, 2.75) is 270 Å². The van der Waals surface area contributed by atoms with E-state index in [2.05, 4.69) is 43.5 Å². The zero-order valence-electron chi connectivity index (χ0n) is 36.8. The fourth-order valence-corrected chi connectivity index (χ4v) is 7.37. The van der Waals surface area contributed by atoms with Crippen LogP contribution in [-0.4, -0.2) is 46.1 Å². The molecule has 0 fully saturated rings. The highest BCUT2D eigenvalue weighted by molar-refractivity contribution is 5.80. The zero-order valence-corrected chi connectivity index (χ0v) is 36.8. The van der Waals surface area contributed by atoms with Gasteiger partial charge in [0.15, 0.2) is 0 Å². The minimum atomic E-state index is -1.11. The maximum Gasteiger partial charge on any atom is 0.249 e. The lowest BCUT2D eigenvalue weighted by Crippen LogP contribution is -2.48. The number of rotatable bonds is 44. The van der Waals surface area contributed by atoms with Crippen molar-refractivity contribution in [2.75, 3.05) is 6.61 Å². The molecule has 324 valence electrons. The molecule has 0 aromatic carbocycles. The van der Waals surface area contributed by atoms with Gasteiger partial charge in [-0.05, 0) is 57.8 Å². The number of carbonyl (C=O) groups excluding carboxylic acids is 1. The second kappa shape index (κ2) is 45.3. The molecule has 5 heteroatoms. The average Bonchev–Trinajstić information content (AvgIpc) is 3.19. The van der Waals surface area contributed by atoms with Crippen LogP contribution in [0.4, 0.5) is 0 Å². The molecule has 0 saturated carbocycles. The van der Waals surface area contributed by atoms with Crippen molar-refractivity contribution in [2.24, 2.45) is 0 Å². The van der Waals surface area contributed by atoms with Crippen molar-refractivity contribution >= 4 is 5.91 Å². The second-order valence-electron chi connectivity index (χ2n) is 16.7. The van der Waals surface area contributed by atoms with Crippen LogP contribution in [0.3, 0.4) is 0 Å². The van der Waals surface area contributed by atoms with E-state index in [1.54, 1.807) is 6.08 Å². The smallest absolute Gasteiger partial charge is 0.249 e. The van der Waals surface area contributed by atoms with Gasteiger partial charge in [0.05, 0.1) is 18.8 Å². The third kappa shape index (κ3) is 40.6. The molecule has 0 radical (unpaired) electrons. The molecule has 3 unspecified atom stereocenters. The molecule has 1 amide bonds. The van der Waals surface area contributed by atoms with E-state index < -0.39 is 24.2 Å². The lowest BCUT2D eigenvalue weighted by Gasteiger charge is -2.21. The van der Waals surface area contributed by atoms with Crippen molar-refractivity contribution in [3.05, 3.63) is 36.5 Å². The number of hydrogen-bond acceptors (Lipinski definition) is 4. The number of allylic oxidation sites excluding steroid dienone is 5. The Morgan fingerprint density at radius 2 is 0.745 bits per heavy atom. The summed E-state index contributed by atoms with van der Waals surface area (Å²) in [5.41, 5.74) is 0. The first-order chi connectivity index (χ1) is 27.1. The van der Waals surface area contributed by atoms with E-state index >= 15 is 0 Å². The number of hydrogen-bond donors (Lipinski definition) is 4. The van der Waals surface area contributed by atoms with Crippen molar-refractivity contribution in [1.29, 1.82) is 0 Å². The summed E-state index contributed by atoms with van der Waals surface area (Å²) >= 11 is 0. The number of aliphatic hydroxyl groups is 3. The summed E-state index contributed by atoms with van der Waals surface area (Å²) in [5, 5.41) is 33.2. The number of aliphatic hydroxyl groups excluding tert-OH is 3. The van der Waals surface area contributed by atoms with E-state index in [4.69, 9.17) is 0 Å². The minimum absolute atomic E-state index is 0.376. The van der Waals surface area contributed by atoms with E-state index in [1.807, 2.05) is 6.08 Å². The largest absolute Gasteiger partial charge is 0.394 e. The van der Waals surface area contributed by atoms with Crippen LogP contribution in [0.25, 0.3) is 0 Å². The molecule has 3 atom stereocenters. The standard InChI is InChI=1S/C50H95NO4/c1-3-5-7-9-11-13-15-17-19-21-22-23-24-25-26-27-28-29-31-33-35-37-39-41-43-45-49(54)50(55)51-47(46-52)48(53)44-42-40-38-36-34-32-30-20-18-16-14-12-10-8-6-4-2/h25-26,34,36,42,44,47-49,52-54H,3-24,27-33,35,37-41,43,45-46H2,1-2H3,(H,51,55)/b26-25-,36-34+,44-42+. The first-order valence-corrected chi connectivity index (χ1v) is 24.3. The van der Waals surface area contributed by atoms with Crippen LogP contribution < -0.4 is 5.32 Å². The van der Waals surface area contributed by atoms with Crippen molar-refractivity contribution in [3.63, 3.8) is 0 Å². The van der Waals surface area contributed by atoms with Crippen molar-refractivity contribution < 1.29 is 20.1 Å². The molecule has 0 rings (SSSR count). The molecule has 0 aromatic heterocycles. The number of unbranched alkanes of at least 4 members (excludes halogenated alkanes) is 32. The molecular formula is C50H95NO4. The molecule has 0 aromatic rings. The Morgan fingerprint density at radius 1 is 0.436 bits per heavy atom. The first kappa shape index (κ1) is 53.6. The maximum absolute atomic E-state index is 12.5. The van der Waals surface area contributed by atoms with Gasteiger partial charge in [-0.25, -0.2) is 0 Å². The second-order valence-corrected chi connectivity index (χ2v) is 16.7. The van der Waals surface area contributed by atoms with Gasteiger partial charge in [0, 0.05) is 0 Å². The number of nitrogens with one attached hydrogen (secondary N) is 1. The van der Waals surface area contributed by atoms with Gasteiger partial charge in [-0.1, -0.05) is 230 Å². The average molecular weight is 774 g/mol. The van der Waals surface area contributed by atoms with Gasteiger partial charge in [-0.2, -0.15) is 0 Å². The monoisotopic (exact) mass is 774 g/mol. The van der Waals surface area contributed by atoms with Crippen LogP contribution in [0.1, 0.15) is 251 Å². The summed E-state index contributed by atoms with van der Waals surface area (Å²) in [7, 11) is 0. The highest BCUT2D eigenvalue weighted by Gasteiger charge is 2.22. The van der Waals surface area contributed by atoms with Crippen LogP contribution in [0.2, 0.25) is 0 Å². The Morgan fingerprint density at radius 3 is 1.11 bits per heavy atom. The van der Waals surface area contributed by atoms with Crippen LogP contribution in [0.15, 0.2) is 36.5 Å². The molecule has 4 N–H and O–H groups in total. The molecule has 0 aliphatic rings. The highest BCUT2D eigenvalue weighted by Crippen LogP contribution is 2.15. The Bertz CT molecular complexity index is 855. The van der Waals surface area contributed by atoms with Gasteiger partial charge < -0.3 is 20.6 Å². The lowest BCUT2D eigenvalue weighted by atomic mass is 10.0. The third-order valence-corrected chi connectivity index (χ3v) is 11.2. The van der Waals surface area contributed by atoms with Gasteiger partial charge >= 0.3 is 0 Å². The summed E-state index contributed by atoms with van der Waals surface area (Å²) in [5.74, 6) is -0.513. The van der Waals surface area contributed by atoms with E-state index in [-0.39, 0.29) is 6.61 Å². The van der Waals surface area contributed by atoms with Crippen LogP contribution in [0.5, 0.6) is 0 Å². The summed E-state index contributed by atoms with van der Waals surface area (Å²) in [6, 6.07) is -0.814. The van der Waals surface area contributed by atoms with Gasteiger partial charge in [-0.15, -0.1) is 0 Å². The Kier molecular flexibility index (Phi) is 44.1. The van der Waals surface area contributed by atoms with Crippen LogP contribution >= 0.6 is 0 Å². The SMILES string of the molecule is CCCCCCCCCCCC/C=C/CC/C=C/C(O)C(CO)NC(=O)C(O)CCCCCCCCCCC/C=C\CCCCCCCCCCCCCC. The predicted molar refractivity (Wildman–Crippen MR) is 241 cm³/mol. The topological polar surface area (TPSA) is 89.8 Å². The molecule has 0 heterocycles. The Hall–Kier alpha value is -1.43. The quantitative estimate of drug-likeness (QED) is 0.0367. The first-order valence-electron chi connectivity index (χ1n) is 24.3. The zero-order chi connectivity index (χ0) is 40.1. The maximum atomic E-state index is 12.5. The summed E-state index contributed by atoms with van der Waals surface area (Å²) in [6.45, 7) is 4.18. The molecule has 0 bridgehead atoms. The minimum Gasteiger partial charge on any atom is -0.394 e. The third-order valence-electron chi connectivity index (χ3n) is 11.2. The summed E-state index contributed by atoms with van der Waals surface area (Å²) < 4.78 is 0. The lowest BCUT2D eigenvalue weighted by molar-refractivity contribution is -0.131. The molecule has 0 aliphatic carbocycles. The molecule has 0 aliphatic heterocycles.